The maximum absolute atomic E-state index is 5.90. The second-order valence-electron chi connectivity index (χ2n) is 3.28. The average Bonchev–Trinajstić information content (AvgIpc) is 2.02. The summed E-state index contributed by atoms with van der Waals surface area (Å²) in [5.74, 6) is 1.19. The fourth-order valence-corrected chi connectivity index (χ4v) is 1.31. The van der Waals surface area contributed by atoms with Crippen molar-refractivity contribution < 1.29 is 4.74 Å². The van der Waals surface area contributed by atoms with Crippen molar-refractivity contribution in [1.82, 2.24) is 0 Å². The number of hydrogen-bond acceptors (Lipinski definition) is 1. The summed E-state index contributed by atoms with van der Waals surface area (Å²) < 4.78 is 5.46. The van der Waals surface area contributed by atoms with Gasteiger partial charge in [-0.05, 0) is 24.1 Å². The highest BCUT2D eigenvalue weighted by Gasteiger charge is 2.02. The van der Waals surface area contributed by atoms with Gasteiger partial charge in [0, 0.05) is 5.02 Å². The Hall–Kier alpha value is -0.400. The second-order valence-corrected chi connectivity index (χ2v) is 4.12. The minimum absolute atomic E-state index is 0.492. The molecule has 1 nitrogen and oxygen atoms in total. The molecule has 3 heteroatoms. The van der Waals surface area contributed by atoms with Gasteiger partial charge in [-0.3, -0.25) is 0 Å². The van der Waals surface area contributed by atoms with E-state index in [2.05, 4.69) is 13.8 Å². The molecular formula is C10H12Cl2O. The van der Waals surface area contributed by atoms with Crippen LogP contribution in [-0.2, 0) is 0 Å². The monoisotopic (exact) mass is 218 g/mol. The zero-order valence-corrected chi connectivity index (χ0v) is 9.19. The van der Waals surface area contributed by atoms with Crippen molar-refractivity contribution in [2.75, 3.05) is 6.61 Å². The molecule has 0 aliphatic heterocycles. The lowest BCUT2D eigenvalue weighted by molar-refractivity contribution is 0.271. The highest BCUT2D eigenvalue weighted by Crippen LogP contribution is 2.27. The van der Waals surface area contributed by atoms with Crippen LogP contribution in [0.3, 0.4) is 0 Å². The molecule has 0 saturated carbocycles. The van der Waals surface area contributed by atoms with E-state index in [9.17, 15) is 0 Å². The Balaban J connectivity index is 2.67. The molecule has 72 valence electrons. The van der Waals surface area contributed by atoms with Crippen molar-refractivity contribution in [1.29, 1.82) is 0 Å². The molecule has 1 aromatic rings. The number of hydrogen-bond donors (Lipinski definition) is 0. The van der Waals surface area contributed by atoms with E-state index in [0.717, 1.165) is 0 Å². The maximum atomic E-state index is 5.90. The lowest BCUT2D eigenvalue weighted by Gasteiger charge is -2.09. The predicted octanol–water partition coefficient (Wildman–Crippen LogP) is 4.03. The van der Waals surface area contributed by atoms with Crippen molar-refractivity contribution in [3.05, 3.63) is 28.2 Å². The molecular weight excluding hydrogens is 207 g/mol. The first-order valence-electron chi connectivity index (χ1n) is 4.17. The summed E-state index contributed by atoms with van der Waals surface area (Å²) in [5, 5.41) is 1.19. The first-order chi connectivity index (χ1) is 6.09. The molecule has 0 aromatic heterocycles. The Morgan fingerprint density at radius 2 is 2.00 bits per heavy atom. The van der Waals surface area contributed by atoms with Crippen LogP contribution in [0.25, 0.3) is 0 Å². The maximum Gasteiger partial charge on any atom is 0.137 e. The van der Waals surface area contributed by atoms with Gasteiger partial charge in [0.05, 0.1) is 11.6 Å². The molecule has 0 fully saturated rings. The van der Waals surface area contributed by atoms with E-state index in [4.69, 9.17) is 27.9 Å². The van der Waals surface area contributed by atoms with E-state index in [-0.39, 0.29) is 0 Å². The van der Waals surface area contributed by atoms with Gasteiger partial charge in [-0.25, -0.2) is 0 Å². The predicted molar refractivity (Wildman–Crippen MR) is 56.8 cm³/mol. The summed E-state index contributed by atoms with van der Waals surface area (Å²) in [7, 11) is 0. The molecule has 1 aromatic carbocycles. The summed E-state index contributed by atoms with van der Waals surface area (Å²) in [6.45, 7) is 4.84. The molecule has 0 aliphatic carbocycles. The Labute approximate surface area is 88.6 Å². The number of ether oxygens (including phenoxy) is 1. The smallest absolute Gasteiger partial charge is 0.137 e. The largest absolute Gasteiger partial charge is 0.492 e. The van der Waals surface area contributed by atoms with Crippen LogP contribution in [0.15, 0.2) is 18.2 Å². The van der Waals surface area contributed by atoms with Crippen LogP contribution in [0.2, 0.25) is 10.0 Å². The third kappa shape index (κ3) is 3.45. The van der Waals surface area contributed by atoms with Crippen molar-refractivity contribution in [2.45, 2.75) is 13.8 Å². The van der Waals surface area contributed by atoms with E-state index in [1.807, 2.05) is 0 Å². The van der Waals surface area contributed by atoms with Crippen LogP contribution < -0.4 is 4.74 Å². The van der Waals surface area contributed by atoms with Gasteiger partial charge in [-0.2, -0.15) is 0 Å². The zero-order chi connectivity index (χ0) is 9.84. The molecule has 0 radical (unpaired) electrons. The fourth-order valence-electron chi connectivity index (χ4n) is 0.849. The van der Waals surface area contributed by atoms with E-state index < -0.39 is 0 Å². The van der Waals surface area contributed by atoms with Crippen LogP contribution in [0, 0.1) is 5.92 Å². The average molecular weight is 219 g/mol. The van der Waals surface area contributed by atoms with Crippen LogP contribution >= 0.6 is 23.2 Å². The second kappa shape index (κ2) is 4.73. The van der Waals surface area contributed by atoms with Gasteiger partial charge in [-0.1, -0.05) is 37.0 Å². The first kappa shape index (κ1) is 10.7. The Bertz CT molecular complexity index is 284. The molecule has 0 N–H and O–H groups in total. The normalized spacial score (nSPS) is 10.5. The Kier molecular flexibility index (Phi) is 3.89. The number of rotatable bonds is 3. The number of benzene rings is 1. The van der Waals surface area contributed by atoms with Crippen molar-refractivity contribution >= 4 is 23.2 Å². The molecule has 0 atom stereocenters. The minimum Gasteiger partial charge on any atom is -0.492 e. The third-order valence-corrected chi connectivity index (χ3v) is 2.00. The molecule has 13 heavy (non-hydrogen) atoms. The first-order valence-corrected chi connectivity index (χ1v) is 4.93. The lowest BCUT2D eigenvalue weighted by atomic mass is 10.2. The minimum atomic E-state index is 0.492. The van der Waals surface area contributed by atoms with E-state index in [0.29, 0.717) is 28.3 Å². The fraction of sp³-hybridized carbons (Fsp3) is 0.400. The highest BCUT2D eigenvalue weighted by molar-refractivity contribution is 6.35. The quantitative estimate of drug-likeness (QED) is 0.745. The van der Waals surface area contributed by atoms with Crippen molar-refractivity contribution in [3.63, 3.8) is 0 Å². The molecule has 0 amide bonds. The van der Waals surface area contributed by atoms with Crippen molar-refractivity contribution in [2.24, 2.45) is 5.92 Å². The summed E-state index contributed by atoms with van der Waals surface area (Å²) in [4.78, 5) is 0. The molecule has 0 aliphatic rings. The molecule has 1 rings (SSSR count). The summed E-state index contributed by atoms with van der Waals surface area (Å²) in [6, 6.07) is 5.23. The third-order valence-electron chi connectivity index (χ3n) is 1.47. The van der Waals surface area contributed by atoms with Gasteiger partial charge in [-0.15, -0.1) is 0 Å². The van der Waals surface area contributed by atoms with Crippen LogP contribution in [0.1, 0.15) is 13.8 Å². The lowest BCUT2D eigenvalue weighted by Crippen LogP contribution is -2.04. The summed E-state index contributed by atoms with van der Waals surface area (Å²) in [6.07, 6.45) is 0. The van der Waals surface area contributed by atoms with E-state index in [1.54, 1.807) is 18.2 Å². The zero-order valence-electron chi connectivity index (χ0n) is 7.68. The van der Waals surface area contributed by atoms with Gasteiger partial charge in [0.25, 0.3) is 0 Å². The standard InChI is InChI=1S/C10H12Cl2O/c1-7(2)6-13-10-4-3-8(11)5-9(10)12/h3-5,7H,6H2,1-2H3. The van der Waals surface area contributed by atoms with E-state index in [1.165, 1.54) is 0 Å². The number of halogens is 2. The van der Waals surface area contributed by atoms with Crippen LogP contribution in [0.4, 0.5) is 0 Å². The summed E-state index contributed by atoms with van der Waals surface area (Å²) >= 11 is 11.6. The SMILES string of the molecule is CC(C)COc1ccc(Cl)cc1Cl. The Morgan fingerprint density at radius 3 is 2.54 bits per heavy atom. The molecule has 0 heterocycles. The van der Waals surface area contributed by atoms with Crippen LogP contribution in [0.5, 0.6) is 5.75 Å². The topological polar surface area (TPSA) is 9.23 Å². The van der Waals surface area contributed by atoms with Gasteiger partial charge >= 0.3 is 0 Å². The highest BCUT2D eigenvalue weighted by atomic mass is 35.5. The van der Waals surface area contributed by atoms with Crippen molar-refractivity contribution in [3.8, 4) is 5.75 Å². The van der Waals surface area contributed by atoms with E-state index >= 15 is 0 Å². The van der Waals surface area contributed by atoms with Gasteiger partial charge in [0.15, 0.2) is 0 Å². The van der Waals surface area contributed by atoms with Gasteiger partial charge in [0.1, 0.15) is 5.75 Å². The van der Waals surface area contributed by atoms with Gasteiger partial charge in [0.2, 0.25) is 0 Å². The molecule has 0 spiro atoms. The van der Waals surface area contributed by atoms with Crippen LogP contribution in [-0.4, -0.2) is 6.61 Å². The summed E-state index contributed by atoms with van der Waals surface area (Å²) in [5.41, 5.74) is 0. The molecule has 0 bridgehead atoms. The van der Waals surface area contributed by atoms with Gasteiger partial charge < -0.3 is 4.74 Å². The molecule has 0 saturated heterocycles. The Morgan fingerprint density at radius 1 is 1.31 bits per heavy atom. The molecule has 0 unspecified atom stereocenters.